The van der Waals surface area contributed by atoms with Crippen molar-refractivity contribution in [1.82, 2.24) is 5.32 Å². The Kier molecular flexibility index (Phi) is 3.85. The van der Waals surface area contributed by atoms with Crippen molar-refractivity contribution in [2.75, 3.05) is 6.54 Å². The van der Waals surface area contributed by atoms with Crippen molar-refractivity contribution in [1.29, 1.82) is 0 Å². The van der Waals surface area contributed by atoms with Crippen molar-refractivity contribution in [2.45, 2.75) is 19.4 Å². The number of phenols is 1. The van der Waals surface area contributed by atoms with Gasteiger partial charge in [0.2, 0.25) is 5.82 Å². The van der Waals surface area contributed by atoms with E-state index in [1.54, 1.807) is 13.8 Å². The first kappa shape index (κ1) is 14.3. The van der Waals surface area contributed by atoms with E-state index in [1.807, 2.05) is 0 Å². The molecule has 0 radical (unpaired) electrons. The number of phenolic OH excluding ortho intramolecular Hbond substituents is 1. The van der Waals surface area contributed by atoms with Crippen molar-refractivity contribution in [3.63, 3.8) is 0 Å². The topological polar surface area (TPSA) is 75.3 Å². The predicted octanol–water partition coefficient (Wildman–Crippen LogP) is 1.28. The second-order valence-electron chi connectivity index (χ2n) is 4.55. The SMILES string of the molecule is CC(C)(N)CNC(=O)c1cc(F)c(F)c(O)c1F. The summed E-state index contributed by atoms with van der Waals surface area (Å²) < 4.78 is 39.1. The average molecular weight is 262 g/mol. The molecule has 0 aliphatic rings. The van der Waals surface area contributed by atoms with E-state index in [0.717, 1.165) is 0 Å². The van der Waals surface area contributed by atoms with Gasteiger partial charge in [-0.25, -0.2) is 8.78 Å². The van der Waals surface area contributed by atoms with Crippen LogP contribution < -0.4 is 11.1 Å². The van der Waals surface area contributed by atoms with Gasteiger partial charge < -0.3 is 16.2 Å². The van der Waals surface area contributed by atoms with Gasteiger partial charge in [0.25, 0.3) is 5.91 Å². The number of nitrogens with one attached hydrogen (secondary N) is 1. The minimum absolute atomic E-state index is 0.00499. The van der Waals surface area contributed by atoms with Gasteiger partial charge in [0.1, 0.15) is 0 Å². The fourth-order valence-corrected chi connectivity index (χ4v) is 1.16. The molecule has 1 aromatic carbocycles. The number of carbonyl (C=O) groups excluding carboxylic acids is 1. The Morgan fingerprint density at radius 1 is 1.39 bits per heavy atom. The monoisotopic (exact) mass is 262 g/mol. The Labute approximate surface area is 102 Å². The van der Waals surface area contributed by atoms with Crippen LogP contribution in [-0.2, 0) is 0 Å². The maximum Gasteiger partial charge on any atom is 0.254 e. The van der Waals surface area contributed by atoms with E-state index in [-0.39, 0.29) is 6.54 Å². The number of rotatable bonds is 3. The molecule has 0 saturated heterocycles. The fourth-order valence-electron chi connectivity index (χ4n) is 1.16. The van der Waals surface area contributed by atoms with E-state index >= 15 is 0 Å². The standard InChI is InChI=1S/C11H13F3N2O2/c1-11(2,15)4-16-10(18)5-3-6(12)8(14)9(17)7(5)13/h3,17H,4,15H2,1-2H3,(H,16,18). The van der Waals surface area contributed by atoms with Crippen LogP contribution in [0, 0.1) is 17.5 Å². The molecule has 7 heteroatoms. The summed E-state index contributed by atoms with van der Waals surface area (Å²) in [5.74, 6) is -7.26. The molecule has 0 atom stereocenters. The zero-order valence-electron chi connectivity index (χ0n) is 9.85. The Bertz CT molecular complexity index is 484. The first-order valence-corrected chi connectivity index (χ1v) is 5.07. The second-order valence-corrected chi connectivity index (χ2v) is 4.55. The van der Waals surface area contributed by atoms with Crippen molar-refractivity contribution in [2.24, 2.45) is 5.73 Å². The van der Waals surface area contributed by atoms with Gasteiger partial charge in [0.05, 0.1) is 5.56 Å². The van der Waals surface area contributed by atoms with E-state index in [4.69, 9.17) is 10.8 Å². The molecule has 4 nitrogen and oxygen atoms in total. The highest BCUT2D eigenvalue weighted by atomic mass is 19.2. The molecule has 0 aliphatic carbocycles. The maximum atomic E-state index is 13.4. The molecule has 0 bridgehead atoms. The Morgan fingerprint density at radius 2 is 1.94 bits per heavy atom. The average Bonchev–Trinajstić information content (AvgIpc) is 2.27. The molecule has 18 heavy (non-hydrogen) atoms. The lowest BCUT2D eigenvalue weighted by Gasteiger charge is -2.19. The zero-order valence-corrected chi connectivity index (χ0v) is 9.85. The van der Waals surface area contributed by atoms with Gasteiger partial charge in [-0.2, -0.15) is 4.39 Å². The van der Waals surface area contributed by atoms with Gasteiger partial charge in [-0.05, 0) is 19.9 Å². The number of aromatic hydroxyl groups is 1. The summed E-state index contributed by atoms with van der Waals surface area (Å²) in [5.41, 5.74) is 4.07. The number of nitrogens with two attached hydrogens (primary N) is 1. The molecular formula is C11H13F3N2O2. The van der Waals surface area contributed by atoms with Crippen LogP contribution in [0.2, 0.25) is 0 Å². The Morgan fingerprint density at radius 3 is 2.44 bits per heavy atom. The maximum absolute atomic E-state index is 13.4. The summed E-state index contributed by atoms with van der Waals surface area (Å²) in [6, 6.07) is 0.378. The molecule has 0 fully saturated rings. The van der Waals surface area contributed by atoms with Crippen LogP contribution in [-0.4, -0.2) is 23.1 Å². The lowest BCUT2D eigenvalue weighted by atomic mass is 10.1. The van der Waals surface area contributed by atoms with Gasteiger partial charge in [-0.1, -0.05) is 0 Å². The fraction of sp³-hybridized carbons (Fsp3) is 0.364. The second kappa shape index (κ2) is 4.85. The third-order valence-corrected chi connectivity index (χ3v) is 2.08. The van der Waals surface area contributed by atoms with Crippen LogP contribution in [0.15, 0.2) is 6.07 Å². The molecule has 1 aromatic rings. The van der Waals surface area contributed by atoms with Gasteiger partial charge in [-0.3, -0.25) is 4.79 Å². The summed E-state index contributed by atoms with van der Waals surface area (Å²) in [6.07, 6.45) is 0. The Hall–Kier alpha value is -1.76. The van der Waals surface area contributed by atoms with E-state index in [2.05, 4.69) is 5.32 Å². The van der Waals surface area contributed by atoms with Gasteiger partial charge in [-0.15, -0.1) is 0 Å². The Balaban J connectivity index is 3.01. The molecule has 0 aromatic heterocycles. The molecular weight excluding hydrogens is 249 g/mol. The third kappa shape index (κ3) is 3.13. The molecule has 0 aliphatic heterocycles. The van der Waals surface area contributed by atoms with Gasteiger partial charge in [0.15, 0.2) is 17.4 Å². The number of carbonyl (C=O) groups is 1. The van der Waals surface area contributed by atoms with Crippen molar-refractivity contribution in [3.05, 3.63) is 29.1 Å². The number of amides is 1. The smallest absolute Gasteiger partial charge is 0.254 e. The number of halogens is 3. The highest BCUT2D eigenvalue weighted by Crippen LogP contribution is 2.25. The summed E-state index contributed by atoms with van der Waals surface area (Å²) in [7, 11) is 0. The van der Waals surface area contributed by atoms with Crippen molar-refractivity contribution >= 4 is 5.91 Å². The largest absolute Gasteiger partial charge is 0.503 e. The van der Waals surface area contributed by atoms with E-state index in [9.17, 15) is 18.0 Å². The number of hydrogen-bond donors (Lipinski definition) is 3. The van der Waals surface area contributed by atoms with E-state index < -0.39 is 40.2 Å². The van der Waals surface area contributed by atoms with Crippen molar-refractivity contribution < 1.29 is 23.1 Å². The molecule has 0 saturated carbocycles. The normalized spacial score (nSPS) is 11.4. The molecule has 4 N–H and O–H groups in total. The molecule has 0 heterocycles. The first-order valence-electron chi connectivity index (χ1n) is 5.07. The number of benzene rings is 1. The van der Waals surface area contributed by atoms with E-state index in [0.29, 0.717) is 6.07 Å². The summed E-state index contributed by atoms with van der Waals surface area (Å²) in [5, 5.41) is 11.2. The van der Waals surface area contributed by atoms with Crippen LogP contribution in [0.3, 0.4) is 0 Å². The van der Waals surface area contributed by atoms with Crippen LogP contribution >= 0.6 is 0 Å². The lowest BCUT2D eigenvalue weighted by molar-refractivity contribution is 0.0940. The molecule has 1 rings (SSSR count). The molecule has 0 spiro atoms. The molecule has 100 valence electrons. The summed E-state index contributed by atoms with van der Waals surface area (Å²) in [6.45, 7) is 3.24. The van der Waals surface area contributed by atoms with Crippen LogP contribution in [0.4, 0.5) is 13.2 Å². The van der Waals surface area contributed by atoms with Gasteiger partial charge in [0, 0.05) is 12.1 Å². The minimum atomic E-state index is -1.73. The zero-order chi connectivity index (χ0) is 14.1. The third-order valence-electron chi connectivity index (χ3n) is 2.08. The predicted molar refractivity (Wildman–Crippen MR) is 58.6 cm³/mol. The highest BCUT2D eigenvalue weighted by Gasteiger charge is 2.23. The number of hydrogen-bond acceptors (Lipinski definition) is 3. The van der Waals surface area contributed by atoms with Gasteiger partial charge >= 0.3 is 0 Å². The lowest BCUT2D eigenvalue weighted by Crippen LogP contribution is -2.45. The van der Waals surface area contributed by atoms with E-state index in [1.165, 1.54) is 0 Å². The van der Waals surface area contributed by atoms with Crippen LogP contribution in [0.25, 0.3) is 0 Å². The van der Waals surface area contributed by atoms with Crippen LogP contribution in [0.1, 0.15) is 24.2 Å². The highest BCUT2D eigenvalue weighted by molar-refractivity contribution is 5.95. The minimum Gasteiger partial charge on any atom is -0.503 e. The quantitative estimate of drug-likeness (QED) is 0.718. The molecule has 0 unspecified atom stereocenters. The van der Waals surface area contributed by atoms with Crippen molar-refractivity contribution in [3.8, 4) is 5.75 Å². The first-order chi connectivity index (χ1) is 8.13. The summed E-state index contributed by atoms with van der Waals surface area (Å²) in [4.78, 5) is 11.5. The summed E-state index contributed by atoms with van der Waals surface area (Å²) >= 11 is 0. The molecule has 1 amide bonds. The van der Waals surface area contributed by atoms with Crippen LogP contribution in [0.5, 0.6) is 5.75 Å².